The third-order valence-electron chi connectivity index (χ3n) is 3.01. The molecular formula is C13H13F2NO4. The van der Waals surface area contributed by atoms with Gasteiger partial charge in [0.05, 0.1) is 13.2 Å². The van der Waals surface area contributed by atoms with Crippen molar-refractivity contribution in [3.05, 3.63) is 35.4 Å². The molecule has 1 aromatic carbocycles. The van der Waals surface area contributed by atoms with E-state index < -0.39 is 24.4 Å². The van der Waals surface area contributed by atoms with Gasteiger partial charge in [0.1, 0.15) is 0 Å². The summed E-state index contributed by atoms with van der Waals surface area (Å²) in [5.41, 5.74) is -0.118. The van der Waals surface area contributed by atoms with Gasteiger partial charge in [-0.2, -0.15) is 0 Å². The fraction of sp³-hybridized carbons (Fsp3) is 0.385. The molecule has 0 saturated carbocycles. The summed E-state index contributed by atoms with van der Waals surface area (Å²) in [5, 5.41) is 8.86. The number of nitrogens with zero attached hydrogens (tertiary/aromatic N) is 1. The Bertz CT molecular complexity index is 521. The van der Waals surface area contributed by atoms with Crippen molar-refractivity contribution in [2.24, 2.45) is 0 Å². The third-order valence-corrected chi connectivity index (χ3v) is 3.01. The Morgan fingerprint density at radius 2 is 2.15 bits per heavy atom. The number of hydrogen-bond donors (Lipinski definition) is 1. The predicted octanol–water partition coefficient (Wildman–Crippen LogP) is 1.55. The molecule has 0 bridgehead atoms. The smallest absolute Gasteiger partial charge is 0.334 e. The van der Waals surface area contributed by atoms with Crippen LogP contribution in [0.4, 0.5) is 8.78 Å². The van der Waals surface area contributed by atoms with Crippen molar-refractivity contribution in [2.45, 2.75) is 12.5 Å². The van der Waals surface area contributed by atoms with Crippen LogP contribution in [0.1, 0.15) is 22.3 Å². The highest BCUT2D eigenvalue weighted by molar-refractivity contribution is 5.94. The average Bonchev–Trinajstić information content (AvgIpc) is 2.46. The van der Waals surface area contributed by atoms with E-state index in [0.717, 1.165) is 6.07 Å². The number of aliphatic carboxylic acids is 1. The molecule has 0 radical (unpaired) electrons. The fourth-order valence-corrected chi connectivity index (χ4v) is 1.97. The first-order valence-electron chi connectivity index (χ1n) is 6.01. The number of hydrogen-bond acceptors (Lipinski definition) is 3. The maximum absolute atomic E-state index is 12.6. The van der Waals surface area contributed by atoms with Gasteiger partial charge in [-0.25, -0.2) is 13.6 Å². The highest BCUT2D eigenvalue weighted by Crippen LogP contribution is 2.20. The van der Waals surface area contributed by atoms with Crippen LogP contribution in [0.25, 0.3) is 0 Å². The molecule has 1 fully saturated rings. The van der Waals surface area contributed by atoms with Gasteiger partial charge in [0.25, 0.3) is 12.3 Å². The van der Waals surface area contributed by atoms with E-state index in [2.05, 4.69) is 0 Å². The number of carbonyl (C=O) groups excluding carboxylic acids is 1. The molecule has 1 atom stereocenters. The van der Waals surface area contributed by atoms with Gasteiger partial charge in [-0.15, -0.1) is 0 Å². The van der Waals surface area contributed by atoms with E-state index in [1.807, 2.05) is 0 Å². The molecule has 7 heteroatoms. The molecule has 108 valence electrons. The molecule has 1 heterocycles. The molecule has 2 rings (SSSR count). The van der Waals surface area contributed by atoms with Crippen molar-refractivity contribution in [3.63, 3.8) is 0 Å². The minimum absolute atomic E-state index is 0.0902. The zero-order valence-electron chi connectivity index (χ0n) is 10.5. The number of carbonyl (C=O) groups is 2. The summed E-state index contributed by atoms with van der Waals surface area (Å²) >= 11 is 0. The minimum atomic E-state index is -2.65. The van der Waals surface area contributed by atoms with Crippen molar-refractivity contribution >= 4 is 11.9 Å². The summed E-state index contributed by atoms with van der Waals surface area (Å²) in [6, 6.07) is 5.17. The molecule has 1 amide bonds. The Kier molecular flexibility index (Phi) is 4.29. The van der Waals surface area contributed by atoms with Gasteiger partial charge in [0.2, 0.25) is 0 Å². The Morgan fingerprint density at radius 1 is 1.40 bits per heavy atom. The molecule has 20 heavy (non-hydrogen) atoms. The van der Waals surface area contributed by atoms with E-state index in [1.165, 1.54) is 23.1 Å². The number of rotatable bonds is 3. The number of benzene rings is 1. The first-order chi connectivity index (χ1) is 9.49. The molecule has 1 aromatic rings. The zero-order valence-corrected chi connectivity index (χ0v) is 10.5. The Hall–Kier alpha value is -2.02. The lowest BCUT2D eigenvalue weighted by molar-refractivity contribution is -0.154. The van der Waals surface area contributed by atoms with Gasteiger partial charge in [0.15, 0.2) is 6.10 Å². The fourth-order valence-electron chi connectivity index (χ4n) is 1.97. The number of carboxylic acid groups (broad SMARTS) is 1. The third kappa shape index (κ3) is 3.11. The molecule has 1 unspecified atom stereocenters. The Balaban J connectivity index is 2.14. The van der Waals surface area contributed by atoms with Gasteiger partial charge in [-0.3, -0.25) is 4.79 Å². The number of alkyl halides is 2. The normalized spacial score (nSPS) is 19.1. The van der Waals surface area contributed by atoms with Crippen LogP contribution in [0.15, 0.2) is 24.3 Å². The lowest BCUT2D eigenvalue weighted by Crippen LogP contribution is -2.48. The lowest BCUT2D eigenvalue weighted by Gasteiger charge is -2.31. The van der Waals surface area contributed by atoms with Crippen molar-refractivity contribution in [1.29, 1.82) is 0 Å². The molecule has 5 nitrogen and oxygen atoms in total. The monoisotopic (exact) mass is 285 g/mol. The number of amides is 1. The van der Waals surface area contributed by atoms with Crippen LogP contribution < -0.4 is 0 Å². The van der Waals surface area contributed by atoms with Crippen LogP contribution >= 0.6 is 0 Å². The maximum Gasteiger partial charge on any atom is 0.334 e. The number of ether oxygens (including phenoxy) is 1. The van der Waals surface area contributed by atoms with Gasteiger partial charge < -0.3 is 14.7 Å². The second-order valence-corrected chi connectivity index (χ2v) is 4.37. The van der Waals surface area contributed by atoms with E-state index in [-0.39, 0.29) is 30.8 Å². The predicted molar refractivity (Wildman–Crippen MR) is 64.7 cm³/mol. The molecule has 1 saturated heterocycles. The maximum atomic E-state index is 12.6. The topological polar surface area (TPSA) is 66.8 Å². The Morgan fingerprint density at radius 3 is 2.80 bits per heavy atom. The van der Waals surface area contributed by atoms with Gasteiger partial charge in [-0.05, 0) is 12.1 Å². The summed E-state index contributed by atoms with van der Waals surface area (Å²) in [5.74, 6) is -1.62. The standard InChI is InChI=1S/C13H13F2NO4/c14-11(15)8-2-1-3-9(6-8)12(17)16-4-5-20-10(7-16)13(18)19/h1-3,6,10-11H,4-5,7H2,(H,18,19). The van der Waals surface area contributed by atoms with Crippen LogP contribution in [0, 0.1) is 0 Å². The summed E-state index contributed by atoms with van der Waals surface area (Å²) in [6.07, 6.45) is -3.73. The lowest BCUT2D eigenvalue weighted by atomic mass is 10.1. The molecule has 0 aliphatic carbocycles. The summed E-state index contributed by atoms with van der Waals surface area (Å²) in [6.45, 7) is 0.256. The second kappa shape index (κ2) is 5.96. The molecular weight excluding hydrogens is 272 g/mol. The Labute approximate surface area is 113 Å². The molecule has 1 aliphatic rings. The minimum Gasteiger partial charge on any atom is -0.479 e. The molecule has 1 N–H and O–H groups in total. The van der Waals surface area contributed by atoms with Gasteiger partial charge in [0, 0.05) is 17.7 Å². The van der Waals surface area contributed by atoms with Gasteiger partial charge >= 0.3 is 5.97 Å². The van der Waals surface area contributed by atoms with Crippen LogP contribution in [0.5, 0.6) is 0 Å². The van der Waals surface area contributed by atoms with E-state index in [0.29, 0.717) is 0 Å². The van der Waals surface area contributed by atoms with E-state index in [9.17, 15) is 18.4 Å². The summed E-state index contributed by atoms with van der Waals surface area (Å²) < 4.78 is 30.2. The number of halogens is 2. The summed E-state index contributed by atoms with van der Waals surface area (Å²) in [4.78, 5) is 24.3. The first kappa shape index (κ1) is 14.4. The highest BCUT2D eigenvalue weighted by Gasteiger charge is 2.29. The van der Waals surface area contributed by atoms with E-state index >= 15 is 0 Å². The van der Waals surface area contributed by atoms with Crippen LogP contribution in [0.3, 0.4) is 0 Å². The van der Waals surface area contributed by atoms with Crippen molar-refractivity contribution in [2.75, 3.05) is 19.7 Å². The number of morpholine rings is 1. The van der Waals surface area contributed by atoms with Crippen LogP contribution in [-0.2, 0) is 9.53 Å². The largest absolute Gasteiger partial charge is 0.479 e. The second-order valence-electron chi connectivity index (χ2n) is 4.37. The van der Waals surface area contributed by atoms with Crippen LogP contribution in [0.2, 0.25) is 0 Å². The first-order valence-corrected chi connectivity index (χ1v) is 6.01. The molecule has 0 aromatic heterocycles. The zero-order chi connectivity index (χ0) is 14.7. The SMILES string of the molecule is O=C(O)C1CN(C(=O)c2cccc(C(F)F)c2)CCO1. The van der Waals surface area contributed by atoms with Crippen molar-refractivity contribution in [3.8, 4) is 0 Å². The van der Waals surface area contributed by atoms with E-state index in [1.54, 1.807) is 0 Å². The molecule has 1 aliphatic heterocycles. The highest BCUT2D eigenvalue weighted by atomic mass is 19.3. The van der Waals surface area contributed by atoms with E-state index in [4.69, 9.17) is 9.84 Å². The quantitative estimate of drug-likeness (QED) is 0.915. The van der Waals surface area contributed by atoms with Crippen LogP contribution in [-0.4, -0.2) is 47.7 Å². The molecule has 0 spiro atoms. The number of carboxylic acids is 1. The average molecular weight is 285 g/mol. The van der Waals surface area contributed by atoms with Gasteiger partial charge in [-0.1, -0.05) is 12.1 Å². The summed E-state index contributed by atoms with van der Waals surface area (Å²) in [7, 11) is 0. The van der Waals surface area contributed by atoms with Crippen molar-refractivity contribution < 1.29 is 28.2 Å². The van der Waals surface area contributed by atoms with Crippen molar-refractivity contribution in [1.82, 2.24) is 4.90 Å².